The van der Waals surface area contributed by atoms with E-state index in [1.165, 1.54) is 18.1 Å². The van der Waals surface area contributed by atoms with Gasteiger partial charge in [-0.2, -0.15) is 0 Å². The number of aromatic nitrogens is 2. The van der Waals surface area contributed by atoms with Crippen LogP contribution in [0.5, 0.6) is 0 Å². The summed E-state index contributed by atoms with van der Waals surface area (Å²) in [4.78, 5) is 17.6. The number of aryl methyl sites for hydroxylation is 2. The van der Waals surface area contributed by atoms with Crippen LogP contribution in [-0.4, -0.2) is 22.5 Å². The number of nitrogens with zero attached hydrogens (tertiary/aromatic N) is 2. The Morgan fingerprint density at radius 1 is 1.56 bits per heavy atom. The van der Waals surface area contributed by atoms with Crippen molar-refractivity contribution >= 4 is 28.3 Å². The molecule has 0 aliphatic carbocycles. The Labute approximate surface area is 97.2 Å². The predicted octanol–water partition coefficient (Wildman–Crippen LogP) is 2.20. The van der Waals surface area contributed by atoms with Gasteiger partial charge in [0, 0.05) is 17.2 Å². The molecule has 2 heterocycles. The molecule has 16 heavy (non-hydrogen) atoms. The van der Waals surface area contributed by atoms with E-state index in [0.717, 1.165) is 16.3 Å². The zero-order valence-electron chi connectivity index (χ0n) is 9.35. The van der Waals surface area contributed by atoms with Gasteiger partial charge in [-0.3, -0.25) is 4.40 Å². The highest BCUT2D eigenvalue weighted by Gasteiger charge is 2.08. The van der Waals surface area contributed by atoms with Gasteiger partial charge in [0.15, 0.2) is 4.96 Å². The first kappa shape index (κ1) is 10.9. The quantitative estimate of drug-likeness (QED) is 0.593. The van der Waals surface area contributed by atoms with Gasteiger partial charge in [0.2, 0.25) is 0 Å². The number of thiazole rings is 1. The SMILES string of the molecule is COC(=O)/C=C/c1c(C)nc2sc(C)cn12. The molecule has 0 atom stereocenters. The van der Waals surface area contributed by atoms with E-state index in [4.69, 9.17) is 0 Å². The lowest BCUT2D eigenvalue weighted by Crippen LogP contribution is -1.94. The summed E-state index contributed by atoms with van der Waals surface area (Å²) in [5, 5.41) is 0. The molecule has 4 nitrogen and oxygen atoms in total. The van der Waals surface area contributed by atoms with Gasteiger partial charge in [-0.15, -0.1) is 11.3 Å². The second kappa shape index (κ2) is 4.09. The van der Waals surface area contributed by atoms with Crippen LogP contribution in [0, 0.1) is 13.8 Å². The largest absolute Gasteiger partial charge is 0.466 e. The number of esters is 1. The van der Waals surface area contributed by atoms with Crippen molar-refractivity contribution in [2.75, 3.05) is 7.11 Å². The molecular formula is C11H12N2O2S. The van der Waals surface area contributed by atoms with Crippen molar-refractivity contribution in [3.05, 3.63) is 28.5 Å². The van der Waals surface area contributed by atoms with Crippen LogP contribution in [-0.2, 0) is 9.53 Å². The van der Waals surface area contributed by atoms with Gasteiger partial charge in [0.05, 0.1) is 18.5 Å². The summed E-state index contributed by atoms with van der Waals surface area (Å²) in [5.41, 5.74) is 1.83. The van der Waals surface area contributed by atoms with Crippen molar-refractivity contribution in [1.29, 1.82) is 0 Å². The van der Waals surface area contributed by atoms with E-state index in [2.05, 4.69) is 9.72 Å². The Bertz CT molecular complexity index is 566. The van der Waals surface area contributed by atoms with Crippen LogP contribution in [0.25, 0.3) is 11.0 Å². The number of carbonyl (C=O) groups is 1. The molecule has 0 saturated heterocycles. The Kier molecular flexibility index (Phi) is 2.78. The van der Waals surface area contributed by atoms with E-state index in [1.54, 1.807) is 17.4 Å². The van der Waals surface area contributed by atoms with Crippen LogP contribution < -0.4 is 0 Å². The number of hydrogen-bond acceptors (Lipinski definition) is 4. The maximum atomic E-state index is 11.0. The summed E-state index contributed by atoms with van der Waals surface area (Å²) < 4.78 is 6.53. The summed E-state index contributed by atoms with van der Waals surface area (Å²) in [6.45, 7) is 3.95. The first-order chi connectivity index (χ1) is 7.61. The third-order valence-corrected chi connectivity index (χ3v) is 3.14. The van der Waals surface area contributed by atoms with Crippen LogP contribution in [0.3, 0.4) is 0 Å². The van der Waals surface area contributed by atoms with Gasteiger partial charge in [0.1, 0.15) is 0 Å². The molecule has 0 fully saturated rings. The lowest BCUT2D eigenvalue weighted by atomic mass is 10.3. The zero-order valence-corrected chi connectivity index (χ0v) is 10.2. The van der Waals surface area contributed by atoms with Crippen molar-refractivity contribution in [2.24, 2.45) is 0 Å². The molecule has 84 valence electrons. The monoisotopic (exact) mass is 236 g/mol. The summed E-state index contributed by atoms with van der Waals surface area (Å²) >= 11 is 1.63. The second-order valence-electron chi connectivity index (χ2n) is 3.43. The second-order valence-corrected chi connectivity index (χ2v) is 4.65. The molecule has 0 amide bonds. The molecule has 5 heteroatoms. The van der Waals surface area contributed by atoms with Crippen LogP contribution in [0.15, 0.2) is 12.3 Å². The first-order valence-corrected chi connectivity index (χ1v) is 5.64. The zero-order chi connectivity index (χ0) is 11.7. The van der Waals surface area contributed by atoms with E-state index >= 15 is 0 Å². The molecule has 0 spiro atoms. The van der Waals surface area contributed by atoms with Crippen LogP contribution in [0.1, 0.15) is 16.3 Å². The Morgan fingerprint density at radius 2 is 2.31 bits per heavy atom. The van der Waals surface area contributed by atoms with Crippen molar-refractivity contribution in [3.63, 3.8) is 0 Å². The predicted molar refractivity (Wildman–Crippen MR) is 63.6 cm³/mol. The van der Waals surface area contributed by atoms with E-state index < -0.39 is 0 Å². The molecule has 0 aromatic carbocycles. The minimum atomic E-state index is -0.360. The number of hydrogen-bond donors (Lipinski definition) is 0. The minimum Gasteiger partial charge on any atom is -0.466 e. The fourth-order valence-electron chi connectivity index (χ4n) is 1.50. The maximum Gasteiger partial charge on any atom is 0.330 e. The summed E-state index contributed by atoms with van der Waals surface area (Å²) in [7, 11) is 1.36. The first-order valence-electron chi connectivity index (χ1n) is 4.83. The molecule has 2 rings (SSSR count). The summed E-state index contributed by atoms with van der Waals surface area (Å²) in [5.74, 6) is -0.360. The number of imidazole rings is 1. The van der Waals surface area contributed by atoms with Crippen molar-refractivity contribution in [1.82, 2.24) is 9.38 Å². The van der Waals surface area contributed by atoms with Gasteiger partial charge in [-0.25, -0.2) is 9.78 Å². The van der Waals surface area contributed by atoms with E-state index in [1.807, 2.05) is 24.4 Å². The van der Waals surface area contributed by atoms with E-state index in [0.29, 0.717) is 0 Å². The Hall–Kier alpha value is -1.62. The minimum absolute atomic E-state index is 0.360. The van der Waals surface area contributed by atoms with Gasteiger partial charge >= 0.3 is 5.97 Å². The van der Waals surface area contributed by atoms with Gasteiger partial charge in [-0.05, 0) is 19.9 Å². The topological polar surface area (TPSA) is 43.6 Å². The van der Waals surface area contributed by atoms with Gasteiger partial charge in [-0.1, -0.05) is 0 Å². The molecule has 0 saturated carbocycles. The summed E-state index contributed by atoms with van der Waals surface area (Å²) in [6, 6.07) is 0. The third kappa shape index (κ3) is 1.86. The highest BCUT2D eigenvalue weighted by atomic mass is 32.1. The Balaban J connectivity index is 2.46. The van der Waals surface area contributed by atoms with E-state index in [9.17, 15) is 4.79 Å². The lowest BCUT2D eigenvalue weighted by Gasteiger charge is -1.93. The molecule has 0 aliphatic heterocycles. The van der Waals surface area contributed by atoms with Crippen molar-refractivity contribution in [2.45, 2.75) is 13.8 Å². The van der Waals surface area contributed by atoms with Crippen molar-refractivity contribution < 1.29 is 9.53 Å². The molecular weight excluding hydrogens is 224 g/mol. The molecule has 2 aromatic heterocycles. The third-order valence-electron chi connectivity index (χ3n) is 2.24. The van der Waals surface area contributed by atoms with Gasteiger partial charge in [0.25, 0.3) is 0 Å². The normalized spacial score (nSPS) is 11.4. The fourth-order valence-corrected chi connectivity index (χ4v) is 2.37. The number of rotatable bonds is 2. The molecule has 0 bridgehead atoms. The number of fused-ring (bicyclic) bond motifs is 1. The molecule has 0 aliphatic rings. The molecule has 2 aromatic rings. The maximum absolute atomic E-state index is 11.0. The standard InChI is InChI=1S/C11H12N2O2S/c1-7-6-13-9(4-5-10(14)15-3)8(2)12-11(13)16-7/h4-6H,1-3H3/b5-4+. The lowest BCUT2D eigenvalue weighted by molar-refractivity contribution is -0.134. The van der Waals surface area contributed by atoms with E-state index in [-0.39, 0.29) is 5.97 Å². The molecule has 0 unspecified atom stereocenters. The highest BCUT2D eigenvalue weighted by molar-refractivity contribution is 7.17. The van der Waals surface area contributed by atoms with Gasteiger partial charge < -0.3 is 4.74 Å². The number of ether oxygens (including phenoxy) is 1. The smallest absolute Gasteiger partial charge is 0.330 e. The molecule has 0 N–H and O–H groups in total. The Morgan fingerprint density at radius 3 is 3.00 bits per heavy atom. The average Bonchev–Trinajstić information content (AvgIpc) is 2.71. The van der Waals surface area contributed by atoms with Crippen LogP contribution >= 0.6 is 11.3 Å². The molecule has 0 radical (unpaired) electrons. The summed E-state index contributed by atoms with van der Waals surface area (Å²) in [6.07, 6.45) is 5.15. The fraction of sp³-hybridized carbons (Fsp3) is 0.273. The van der Waals surface area contributed by atoms with Crippen molar-refractivity contribution in [3.8, 4) is 0 Å². The highest BCUT2D eigenvalue weighted by Crippen LogP contribution is 2.21. The number of methoxy groups -OCH3 is 1. The van der Waals surface area contributed by atoms with Crippen LogP contribution in [0.2, 0.25) is 0 Å². The van der Waals surface area contributed by atoms with Crippen LogP contribution in [0.4, 0.5) is 0 Å². The number of carbonyl (C=O) groups excluding carboxylic acids is 1. The average molecular weight is 236 g/mol.